The maximum Gasteiger partial charge on any atom is 0.405 e. The SMILES string of the molecule is CC(C)C[C@H](NC(=O)[C@H](CS)NC(=O)O)C(=O)N[C@@H](Cc1ccccc1)C(=O)N[C@@H](CO)C(=O)N[C@@H](Cc1cnc[nH]1)C(=O)N[C@@H](C)C(=O)N[C@H](C(=O)N[C@@H](CS)C(N)=O)C(C)C. The number of carboxylic acid groups (broad SMARTS) is 1. The van der Waals surface area contributed by atoms with E-state index in [-0.39, 0.29) is 36.7 Å². The van der Waals surface area contributed by atoms with Crippen LogP contribution < -0.4 is 48.3 Å². The Labute approximate surface area is 375 Å². The number of aromatic nitrogens is 2. The summed E-state index contributed by atoms with van der Waals surface area (Å²) in [5, 5.41) is 39.0. The molecule has 9 amide bonds. The number of benzene rings is 1. The molecule has 13 N–H and O–H groups in total. The molecular formula is C39H59N11O11S2. The number of rotatable bonds is 26. The van der Waals surface area contributed by atoms with Crippen molar-refractivity contribution in [2.24, 2.45) is 17.6 Å². The van der Waals surface area contributed by atoms with E-state index < -0.39 is 114 Å². The molecule has 0 aliphatic rings. The zero-order chi connectivity index (χ0) is 47.4. The van der Waals surface area contributed by atoms with Gasteiger partial charge in [0.2, 0.25) is 47.3 Å². The molecule has 348 valence electrons. The lowest BCUT2D eigenvalue weighted by Crippen LogP contribution is -2.61. The van der Waals surface area contributed by atoms with Gasteiger partial charge in [0.05, 0.1) is 12.9 Å². The maximum atomic E-state index is 13.9. The minimum absolute atomic E-state index is 0.0876. The average Bonchev–Trinajstić information content (AvgIpc) is 3.74. The molecule has 0 aliphatic carbocycles. The minimum atomic E-state index is -1.68. The van der Waals surface area contributed by atoms with Crippen LogP contribution in [-0.2, 0) is 51.2 Å². The summed E-state index contributed by atoms with van der Waals surface area (Å²) in [6.07, 6.45) is 1.03. The number of nitrogens with one attached hydrogen (secondary N) is 9. The number of nitrogens with zero attached hydrogens (tertiary/aromatic N) is 1. The number of aliphatic hydroxyl groups is 1. The number of aromatic amines is 1. The van der Waals surface area contributed by atoms with Gasteiger partial charge in [-0.15, -0.1) is 0 Å². The van der Waals surface area contributed by atoms with Gasteiger partial charge < -0.3 is 63.5 Å². The number of nitrogens with two attached hydrogens (primary N) is 1. The van der Waals surface area contributed by atoms with Crippen molar-refractivity contribution >= 4 is 78.6 Å². The molecule has 0 unspecified atom stereocenters. The molecular weight excluding hydrogens is 863 g/mol. The quantitative estimate of drug-likeness (QED) is 0.0429. The topological polar surface area (TPSA) is 345 Å². The van der Waals surface area contributed by atoms with E-state index in [1.165, 1.54) is 19.4 Å². The van der Waals surface area contributed by atoms with E-state index in [0.29, 0.717) is 11.3 Å². The Bertz CT molecular complexity index is 1870. The van der Waals surface area contributed by atoms with Gasteiger partial charge in [-0.1, -0.05) is 58.0 Å². The zero-order valence-electron chi connectivity index (χ0n) is 35.5. The average molecular weight is 922 g/mol. The van der Waals surface area contributed by atoms with Gasteiger partial charge in [-0.25, -0.2) is 9.78 Å². The molecule has 2 aromatic rings. The number of hydrogen-bond donors (Lipinski definition) is 14. The van der Waals surface area contributed by atoms with Crippen molar-refractivity contribution in [3.8, 4) is 0 Å². The third kappa shape index (κ3) is 18.2. The number of thiol groups is 2. The van der Waals surface area contributed by atoms with Crippen LogP contribution in [0.1, 0.15) is 52.3 Å². The van der Waals surface area contributed by atoms with Crippen molar-refractivity contribution in [1.82, 2.24) is 52.5 Å². The largest absolute Gasteiger partial charge is 0.465 e. The van der Waals surface area contributed by atoms with Crippen LogP contribution in [0.5, 0.6) is 0 Å². The molecule has 22 nitrogen and oxygen atoms in total. The predicted octanol–water partition coefficient (Wildman–Crippen LogP) is -2.72. The van der Waals surface area contributed by atoms with Crippen molar-refractivity contribution in [2.75, 3.05) is 18.1 Å². The van der Waals surface area contributed by atoms with Crippen LogP contribution in [0.15, 0.2) is 42.9 Å². The van der Waals surface area contributed by atoms with Gasteiger partial charge in [0.25, 0.3) is 0 Å². The minimum Gasteiger partial charge on any atom is -0.465 e. The molecule has 0 fully saturated rings. The first-order valence-corrected chi connectivity index (χ1v) is 21.2. The Hall–Kier alpha value is -5.88. The number of amides is 9. The number of primary amides is 1. The molecule has 1 aromatic heterocycles. The number of hydrogen-bond acceptors (Lipinski definition) is 13. The summed E-state index contributed by atoms with van der Waals surface area (Å²) in [5.41, 5.74) is 6.28. The predicted molar refractivity (Wildman–Crippen MR) is 235 cm³/mol. The van der Waals surface area contributed by atoms with Gasteiger partial charge in [0.15, 0.2) is 0 Å². The highest BCUT2D eigenvalue weighted by Gasteiger charge is 2.34. The summed E-state index contributed by atoms with van der Waals surface area (Å²) in [6, 6.07) is -2.03. The van der Waals surface area contributed by atoms with E-state index >= 15 is 0 Å². The third-order valence-electron chi connectivity index (χ3n) is 9.32. The van der Waals surface area contributed by atoms with Crippen molar-refractivity contribution < 1.29 is 53.4 Å². The lowest BCUT2D eigenvalue weighted by atomic mass is 10.0. The van der Waals surface area contributed by atoms with E-state index in [9.17, 15) is 48.3 Å². The fraction of sp³-hybridized carbons (Fsp3) is 0.538. The van der Waals surface area contributed by atoms with Gasteiger partial charge in [-0.3, -0.25) is 38.4 Å². The molecule has 0 saturated carbocycles. The van der Waals surface area contributed by atoms with E-state index in [2.05, 4.69) is 72.4 Å². The number of carbonyl (C=O) groups is 9. The van der Waals surface area contributed by atoms with Gasteiger partial charge in [-0.2, -0.15) is 25.3 Å². The number of imidazole rings is 1. The van der Waals surface area contributed by atoms with Crippen LogP contribution in [0, 0.1) is 11.8 Å². The van der Waals surface area contributed by atoms with Crippen molar-refractivity contribution in [1.29, 1.82) is 0 Å². The molecule has 1 aromatic carbocycles. The van der Waals surface area contributed by atoms with Crippen molar-refractivity contribution in [3.63, 3.8) is 0 Å². The summed E-state index contributed by atoms with van der Waals surface area (Å²) in [6.45, 7) is 7.22. The smallest absolute Gasteiger partial charge is 0.405 e. The van der Waals surface area contributed by atoms with Crippen LogP contribution >= 0.6 is 25.3 Å². The van der Waals surface area contributed by atoms with E-state index in [1.807, 2.05) is 5.32 Å². The molecule has 0 aliphatic heterocycles. The van der Waals surface area contributed by atoms with Crippen molar-refractivity contribution in [3.05, 3.63) is 54.1 Å². The first-order valence-electron chi connectivity index (χ1n) is 20.0. The second-order valence-electron chi connectivity index (χ2n) is 15.3. The molecule has 0 spiro atoms. The number of aliphatic hydroxyl groups excluding tert-OH is 1. The fourth-order valence-corrected chi connectivity index (χ4v) is 6.40. The number of carbonyl (C=O) groups excluding carboxylic acids is 8. The van der Waals surface area contributed by atoms with Crippen LogP contribution in [0.4, 0.5) is 4.79 Å². The summed E-state index contributed by atoms with van der Waals surface area (Å²) < 4.78 is 0. The Morgan fingerprint density at radius 1 is 0.635 bits per heavy atom. The fourth-order valence-electron chi connectivity index (χ4n) is 5.88. The molecule has 0 radical (unpaired) electrons. The monoisotopic (exact) mass is 921 g/mol. The summed E-state index contributed by atoms with van der Waals surface area (Å²) in [5.74, 6) is -7.69. The van der Waals surface area contributed by atoms with E-state index in [1.54, 1.807) is 58.0 Å². The summed E-state index contributed by atoms with van der Waals surface area (Å²) in [7, 11) is 0. The van der Waals surface area contributed by atoms with E-state index in [4.69, 9.17) is 10.8 Å². The van der Waals surface area contributed by atoms with E-state index in [0.717, 1.165) is 0 Å². The highest BCUT2D eigenvalue weighted by atomic mass is 32.1. The van der Waals surface area contributed by atoms with Gasteiger partial charge >= 0.3 is 6.09 Å². The first-order chi connectivity index (χ1) is 29.7. The molecule has 0 bridgehead atoms. The van der Waals surface area contributed by atoms with Crippen LogP contribution in [0.2, 0.25) is 0 Å². The first kappa shape index (κ1) is 53.3. The number of H-pyrrole nitrogens is 1. The van der Waals surface area contributed by atoms with Gasteiger partial charge in [-0.05, 0) is 30.7 Å². The standard InChI is InChI=1S/C39H59N11O11S2/c1-19(2)11-24(44-37(58)29(17-63)49-39(60)61)34(55)45-25(12-22-9-7-6-8-10-22)35(56)47-27(15-51)36(57)46-26(13-23-14-41-18-42-23)33(54)43-21(5)32(53)50-30(20(3)4)38(59)48-28(16-62)31(40)52/h6-10,14,18-21,24-30,49,51,62-63H,11-13,15-17H2,1-5H3,(H2,40,52)(H,41,42)(H,43,54)(H,44,58)(H,45,55)(H,46,57)(H,47,56)(H,48,59)(H,50,53)(H,60,61)/t21-,24-,25-,26-,27-,28-,29-,30-/m0/s1. The second kappa shape index (κ2) is 26.6. The molecule has 63 heavy (non-hydrogen) atoms. The second-order valence-corrected chi connectivity index (χ2v) is 16.0. The molecule has 0 saturated heterocycles. The summed E-state index contributed by atoms with van der Waals surface area (Å²) in [4.78, 5) is 124. The molecule has 2 rings (SSSR count). The van der Waals surface area contributed by atoms with Gasteiger partial charge in [0, 0.05) is 36.2 Å². The maximum absolute atomic E-state index is 13.9. The Morgan fingerprint density at radius 3 is 1.65 bits per heavy atom. The lowest BCUT2D eigenvalue weighted by Gasteiger charge is -2.27. The molecule has 8 atom stereocenters. The molecule has 1 heterocycles. The van der Waals surface area contributed by atoms with Crippen LogP contribution in [0.25, 0.3) is 0 Å². The van der Waals surface area contributed by atoms with Crippen molar-refractivity contribution in [2.45, 2.75) is 102 Å². The lowest BCUT2D eigenvalue weighted by molar-refractivity contribution is -0.136. The van der Waals surface area contributed by atoms with Crippen LogP contribution in [-0.4, -0.2) is 140 Å². The highest BCUT2D eigenvalue weighted by Crippen LogP contribution is 2.10. The van der Waals surface area contributed by atoms with Gasteiger partial charge in [0.1, 0.15) is 48.3 Å². The zero-order valence-corrected chi connectivity index (χ0v) is 37.3. The summed E-state index contributed by atoms with van der Waals surface area (Å²) >= 11 is 8.04. The Morgan fingerprint density at radius 2 is 1.14 bits per heavy atom. The Balaban J connectivity index is 2.31. The third-order valence-corrected chi connectivity index (χ3v) is 10.1. The Kier molecular flexibility index (Phi) is 22.5. The normalized spacial score (nSPS) is 14.9. The van der Waals surface area contributed by atoms with Crippen LogP contribution in [0.3, 0.4) is 0 Å². The molecule has 24 heteroatoms. The highest BCUT2D eigenvalue weighted by molar-refractivity contribution is 7.80.